The lowest BCUT2D eigenvalue weighted by atomic mass is 9.82. The molecule has 0 bridgehead atoms. The van der Waals surface area contributed by atoms with Crippen molar-refractivity contribution >= 4 is 25.3 Å². The van der Waals surface area contributed by atoms with Gasteiger partial charge in [-0.05, 0) is 43.1 Å². The van der Waals surface area contributed by atoms with E-state index >= 15 is 0 Å². The van der Waals surface area contributed by atoms with Gasteiger partial charge in [-0.2, -0.15) is 25.3 Å². The Labute approximate surface area is 99.4 Å². The molecule has 0 unspecified atom stereocenters. The second kappa shape index (κ2) is 7.70. The minimum absolute atomic E-state index is 0.871. The highest BCUT2D eigenvalue weighted by Gasteiger charge is 2.16. The Hall–Kier alpha value is 0.440. The van der Waals surface area contributed by atoms with Crippen molar-refractivity contribution < 1.29 is 0 Å². The predicted octanol–water partition coefficient (Wildman–Crippen LogP) is 4.13. The molecule has 82 valence electrons. The zero-order valence-corrected chi connectivity index (χ0v) is 10.7. The van der Waals surface area contributed by atoms with E-state index in [0.29, 0.717) is 0 Å². The van der Waals surface area contributed by atoms with Crippen LogP contribution in [0.4, 0.5) is 0 Å². The van der Waals surface area contributed by atoms with Gasteiger partial charge in [-0.15, -0.1) is 0 Å². The van der Waals surface area contributed by atoms with Crippen molar-refractivity contribution in [2.45, 2.75) is 44.9 Å². The van der Waals surface area contributed by atoms with Crippen LogP contribution < -0.4 is 0 Å². The molecule has 0 atom stereocenters. The van der Waals surface area contributed by atoms with Crippen LogP contribution in [0.25, 0.3) is 0 Å². The highest BCUT2D eigenvalue weighted by molar-refractivity contribution is 7.80. The maximum Gasteiger partial charge on any atom is -0.00605 e. The smallest absolute Gasteiger partial charge is 0.00605 e. The van der Waals surface area contributed by atoms with Gasteiger partial charge >= 0.3 is 0 Å². The molecular weight excluding hydrogens is 208 g/mol. The van der Waals surface area contributed by atoms with Crippen LogP contribution >= 0.6 is 25.3 Å². The number of hydrogen-bond donors (Lipinski definition) is 2. The van der Waals surface area contributed by atoms with Gasteiger partial charge in [0.2, 0.25) is 0 Å². The van der Waals surface area contributed by atoms with Crippen molar-refractivity contribution in [3.8, 4) is 0 Å². The summed E-state index contributed by atoms with van der Waals surface area (Å²) < 4.78 is 0. The van der Waals surface area contributed by atoms with E-state index in [1.54, 1.807) is 5.57 Å². The molecule has 1 saturated carbocycles. The predicted molar refractivity (Wildman–Crippen MR) is 71.6 cm³/mol. The van der Waals surface area contributed by atoms with Crippen molar-refractivity contribution in [2.24, 2.45) is 5.92 Å². The van der Waals surface area contributed by atoms with E-state index < -0.39 is 0 Å². The largest absolute Gasteiger partial charge is 0.179 e. The minimum atomic E-state index is 0.871. The second-order valence-corrected chi connectivity index (χ2v) is 4.99. The molecule has 0 N–H and O–H groups in total. The molecule has 0 amide bonds. The lowest BCUT2D eigenvalue weighted by Crippen LogP contribution is -2.10. The van der Waals surface area contributed by atoms with Gasteiger partial charge in [0, 0.05) is 0 Å². The Kier molecular flexibility index (Phi) is 6.88. The Bertz CT molecular complexity index is 169. The van der Waals surface area contributed by atoms with Crippen LogP contribution in [0.2, 0.25) is 0 Å². The second-order valence-electron chi connectivity index (χ2n) is 4.10. The van der Waals surface area contributed by atoms with Crippen LogP contribution in [0, 0.1) is 5.92 Å². The molecule has 2 heteroatoms. The van der Waals surface area contributed by atoms with E-state index in [-0.39, 0.29) is 0 Å². The molecular formula is C12H22S2. The van der Waals surface area contributed by atoms with Crippen molar-refractivity contribution in [2.75, 3.05) is 11.5 Å². The highest BCUT2D eigenvalue weighted by Crippen LogP contribution is 2.31. The van der Waals surface area contributed by atoms with Gasteiger partial charge in [0.05, 0.1) is 0 Å². The summed E-state index contributed by atoms with van der Waals surface area (Å²) in [6, 6.07) is 0. The van der Waals surface area contributed by atoms with Crippen LogP contribution in [0.1, 0.15) is 44.9 Å². The number of allylic oxidation sites excluding steroid dienone is 2. The number of hydrogen-bond acceptors (Lipinski definition) is 2. The van der Waals surface area contributed by atoms with E-state index in [9.17, 15) is 0 Å². The molecule has 1 fully saturated rings. The van der Waals surface area contributed by atoms with Crippen LogP contribution in [-0.4, -0.2) is 11.5 Å². The van der Waals surface area contributed by atoms with Crippen LogP contribution in [0.5, 0.6) is 0 Å². The molecule has 1 aliphatic carbocycles. The summed E-state index contributed by atoms with van der Waals surface area (Å²) >= 11 is 8.61. The zero-order valence-electron chi connectivity index (χ0n) is 8.91. The standard InChI is InChI=1S/C12H22S2/c13-9-4-7-12(8-10-14)11-5-2-1-3-6-11/h7,11,13-14H,1-6,8-10H2. The Balaban J connectivity index is 2.46. The lowest BCUT2D eigenvalue weighted by Gasteiger charge is -2.24. The maximum absolute atomic E-state index is 4.34. The Morgan fingerprint density at radius 3 is 2.36 bits per heavy atom. The molecule has 0 saturated heterocycles. The first-order valence-corrected chi connectivity index (χ1v) is 7.05. The summed E-state index contributed by atoms with van der Waals surface area (Å²) in [6.07, 6.45) is 11.8. The molecule has 14 heavy (non-hydrogen) atoms. The molecule has 0 aliphatic heterocycles. The van der Waals surface area contributed by atoms with E-state index in [4.69, 9.17) is 0 Å². The van der Waals surface area contributed by atoms with E-state index in [1.807, 2.05) is 0 Å². The SMILES string of the molecule is SCCC=C(CCS)C1CCCCC1. The normalized spacial score (nSPS) is 20.0. The topological polar surface area (TPSA) is 0 Å². The van der Waals surface area contributed by atoms with Gasteiger partial charge in [-0.25, -0.2) is 0 Å². The average molecular weight is 230 g/mol. The third-order valence-corrected chi connectivity index (χ3v) is 3.55. The molecule has 1 rings (SSSR count). The summed E-state index contributed by atoms with van der Waals surface area (Å²) in [5, 5.41) is 0. The quantitative estimate of drug-likeness (QED) is 0.515. The van der Waals surface area contributed by atoms with Gasteiger partial charge in [0.1, 0.15) is 0 Å². The summed E-state index contributed by atoms with van der Waals surface area (Å²) in [7, 11) is 0. The van der Waals surface area contributed by atoms with Crippen molar-refractivity contribution in [1.82, 2.24) is 0 Å². The van der Waals surface area contributed by atoms with Crippen LogP contribution in [0.15, 0.2) is 11.6 Å². The summed E-state index contributed by atoms with van der Waals surface area (Å²) in [6.45, 7) is 0. The molecule has 0 heterocycles. The first-order chi connectivity index (χ1) is 6.88. The fourth-order valence-corrected chi connectivity index (χ4v) is 2.71. The van der Waals surface area contributed by atoms with Gasteiger partial charge in [-0.1, -0.05) is 30.9 Å². The lowest BCUT2D eigenvalue weighted by molar-refractivity contribution is 0.396. The minimum Gasteiger partial charge on any atom is -0.179 e. The first kappa shape index (κ1) is 12.5. The third-order valence-electron chi connectivity index (χ3n) is 3.07. The monoisotopic (exact) mass is 230 g/mol. The fraction of sp³-hybridized carbons (Fsp3) is 0.833. The van der Waals surface area contributed by atoms with Crippen molar-refractivity contribution in [3.63, 3.8) is 0 Å². The molecule has 0 nitrogen and oxygen atoms in total. The molecule has 0 aromatic heterocycles. The highest BCUT2D eigenvalue weighted by atomic mass is 32.1. The molecule has 0 radical (unpaired) electrons. The Morgan fingerprint density at radius 2 is 1.79 bits per heavy atom. The summed E-state index contributed by atoms with van der Waals surface area (Å²) in [4.78, 5) is 0. The summed E-state index contributed by atoms with van der Waals surface area (Å²) in [5.41, 5.74) is 1.66. The van der Waals surface area contributed by atoms with Crippen LogP contribution in [-0.2, 0) is 0 Å². The number of rotatable bonds is 5. The van der Waals surface area contributed by atoms with Gasteiger partial charge in [0.15, 0.2) is 0 Å². The van der Waals surface area contributed by atoms with Crippen LogP contribution in [0.3, 0.4) is 0 Å². The van der Waals surface area contributed by atoms with E-state index in [2.05, 4.69) is 31.3 Å². The van der Waals surface area contributed by atoms with Gasteiger partial charge in [-0.3, -0.25) is 0 Å². The third kappa shape index (κ3) is 4.31. The van der Waals surface area contributed by atoms with E-state index in [1.165, 1.54) is 38.5 Å². The average Bonchev–Trinajstić information content (AvgIpc) is 2.25. The number of thiol groups is 2. The molecule has 0 aromatic rings. The maximum atomic E-state index is 4.34. The van der Waals surface area contributed by atoms with Crippen molar-refractivity contribution in [1.29, 1.82) is 0 Å². The van der Waals surface area contributed by atoms with Gasteiger partial charge in [0.25, 0.3) is 0 Å². The Morgan fingerprint density at radius 1 is 1.07 bits per heavy atom. The van der Waals surface area contributed by atoms with Crippen molar-refractivity contribution in [3.05, 3.63) is 11.6 Å². The van der Waals surface area contributed by atoms with E-state index in [0.717, 1.165) is 23.8 Å². The molecule has 0 aromatic carbocycles. The summed E-state index contributed by atoms with van der Waals surface area (Å²) in [5.74, 6) is 2.84. The first-order valence-electron chi connectivity index (χ1n) is 5.79. The van der Waals surface area contributed by atoms with Gasteiger partial charge < -0.3 is 0 Å². The molecule has 1 aliphatic rings. The molecule has 0 spiro atoms. The fourth-order valence-electron chi connectivity index (χ4n) is 2.33. The zero-order chi connectivity index (χ0) is 10.2.